The maximum absolute atomic E-state index is 13.5. The number of aromatic nitrogens is 4. The molecule has 4 rings (SSSR count). The summed E-state index contributed by atoms with van der Waals surface area (Å²) in [5.74, 6) is -2.79. The van der Waals surface area contributed by atoms with Crippen molar-refractivity contribution in [3.63, 3.8) is 0 Å². The van der Waals surface area contributed by atoms with Gasteiger partial charge in [-0.15, -0.1) is 28.2 Å². The number of aromatic amines is 1. The minimum atomic E-state index is -1.89. The number of thiazole rings is 1. The van der Waals surface area contributed by atoms with E-state index in [-0.39, 0.29) is 51.5 Å². The summed E-state index contributed by atoms with van der Waals surface area (Å²) in [7, 11) is 1.22. The van der Waals surface area contributed by atoms with E-state index in [1.54, 1.807) is 20.8 Å². The van der Waals surface area contributed by atoms with Gasteiger partial charge in [-0.1, -0.05) is 16.9 Å². The van der Waals surface area contributed by atoms with E-state index < -0.39 is 40.0 Å². The van der Waals surface area contributed by atoms with Gasteiger partial charge >= 0.3 is 17.1 Å². The third-order valence-corrected chi connectivity index (χ3v) is 9.05. The van der Waals surface area contributed by atoms with Gasteiger partial charge in [0.1, 0.15) is 23.4 Å². The van der Waals surface area contributed by atoms with Crippen molar-refractivity contribution in [3.05, 3.63) is 43.1 Å². The number of hydrogen-bond donors (Lipinski definition) is 4. The van der Waals surface area contributed by atoms with Crippen LogP contribution in [0.5, 0.6) is 0 Å². The molecule has 2 aliphatic heterocycles. The van der Waals surface area contributed by atoms with E-state index in [1.165, 1.54) is 28.8 Å². The number of nitrogens with two attached hydrogens (primary N) is 1. The van der Waals surface area contributed by atoms with Gasteiger partial charge < -0.3 is 25.7 Å². The molecular formula is C22H26N8O8S3. The van der Waals surface area contributed by atoms with Crippen LogP contribution < -0.4 is 22.2 Å². The number of carbonyl (C=O) groups is 3. The summed E-state index contributed by atoms with van der Waals surface area (Å²) in [6.07, 6.45) is 0. The summed E-state index contributed by atoms with van der Waals surface area (Å²) < 4.78 is 6.71. The Kier molecular flexibility index (Phi) is 8.90. The number of anilines is 1. The zero-order valence-corrected chi connectivity index (χ0v) is 24.6. The number of aliphatic carboxylic acids is 1. The number of amides is 2. The molecule has 0 spiro atoms. The third kappa shape index (κ3) is 5.48. The average Bonchev–Trinajstić information content (AvgIpc) is 3.36. The number of β-lactam (4-membered cyclic amide) rings is 1. The number of hydrogen-bond acceptors (Lipinski definition) is 14. The van der Waals surface area contributed by atoms with Crippen molar-refractivity contribution in [2.75, 3.05) is 31.0 Å². The summed E-state index contributed by atoms with van der Waals surface area (Å²) in [5, 5.41) is 23.5. The van der Waals surface area contributed by atoms with Crippen molar-refractivity contribution in [1.29, 1.82) is 0 Å². The normalized spacial score (nSPS) is 20.6. The van der Waals surface area contributed by atoms with Crippen LogP contribution in [0, 0.1) is 0 Å². The van der Waals surface area contributed by atoms with E-state index in [9.17, 15) is 29.1 Å². The Morgan fingerprint density at radius 3 is 2.71 bits per heavy atom. The highest BCUT2D eigenvalue weighted by atomic mass is 32.2. The number of oxime groups is 1. The van der Waals surface area contributed by atoms with Gasteiger partial charge in [-0.3, -0.25) is 28.6 Å². The number of fused-ring (bicyclic) bond motifs is 1. The molecule has 2 amide bonds. The summed E-state index contributed by atoms with van der Waals surface area (Å²) >= 11 is 3.31. The molecule has 19 heteroatoms. The SMILES string of the molecule is CCO/N=C(/C(=O)NC1(OC)C(=O)N2C(C(=O)O)=C(CSc3n[nH]c(=O)c(=O)n3C(C)C)CSC21)c1csc(N)n1. The standard InChI is InChI=1S/C22H26N8O8S3/c1-5-38-28-12(11-8-40-20(23)24-11)14(31)25-22(37-4)18(36)30-13(17(34)35)10(6-39-19(22)30)7-41-21-27-26-15(32)16(33)29(21)9(2)3/h8-9,19H,5-7H2,1-4H3,(H2,23,24)(H,25,31)(H,26,32)(H,34,35)/b28-12+. The molecule has 0 radical (unpaired) electrons. The molecule has 41 heavy (non-hydrogen) atoms. The Balaban J connectivity index is 1.61. The molecule has 1 saturated heterocycles. The highest BCUT2D eigenvalue weighted by molar-refractivity contribution is 8.01. The number of nitrogens with zero attached hydrogens (tertiary/aromatic N) is 5. The predicted octanol–water partition coefficient (Wildman–Crippen LogP) is -0.203. The van der Waals surface area contributed by atoms with Gasteiger partial charge in [0.15, 0.2) is 16.0 Å². The molecule has 2 unspecified atom stereocenters. The van der Waals surface area contributed by atoms with Crippen LogP contribution in [0.3, 0.4) is 0 Å². The van der Waals surface area contributed by atoms with Crippen molar-refractivity contribution in [1.82, 2.24) is 30.0 Å². The van der Waals surface area contributed by atoms with Crippen LogP contribution in [-0.4, -0.2) is 89.6 Å². The van der Waals surface area contributed by atoms with Crippen molar-refractivity contribution < 1.29 is 29.1 Å². The van der Waals surface area contributed by atoms with Crippen molar-refractivity contribution in [2.24, 2.45) is 5.16 Å². The Morgan fingerprint density at radius 1 is 1.39 bits per heavy atom. The number of nitrogen functional groups attached to an aromatic ring is 1. The molecule has 16 nitrogen and oxygen atoms in total. The number of thioether (sulfide) groups is 2. The van der Waals surface area contributed by atoms with Gasteiger partial charge in [0.25, 0.3) is 17.5 Å². The lowest BCUT2D eigenvalue weighted by Gasteiger charge is -2.55. The van der Waals surface area contributed by atoms with Gasteiger partial charge in [0, 0.05) is 30.0 Å². The number of carboxylic acids is 1. The minimum absolute atomic E-state index is 0.0547. The monoisotopic (exact) mass is 626 g/mol. The number of carboxylic acid groups (broad SMARTS) is 1. The molecular weight excluding hydrogens is 600 g/mol. The maximum Gasteiger partial charge on any atom is 0.352 e. The number of ether oxygens (including phenoxy) is 1. The minimum Gasteiger partial charge on any atom is -0.477 e. The average molecular weight is 627 g/mol. The smallest absolute Gasteiger partial charge is 0.352 e. The summed E-state index contributed by atoms with van der Waals surface area (Å²) in [5.41, 5.74) is 2.14. The van der Waals surface area contributed by atoms with Crippen LogP contribution in [0.1, 0.15) is 32.5 Å². The maximum atomic E-state index is 13.5. The zero-order chi connectivity index (χ0) is 30.1. The van der Waals surface area contributed by atoms with E-state index >= 15 is 0 Å². The molecule has 2 aromatic rings. The number of H-pyrrole nitrogens is 1. The zero-order valence-electron chi connectivity index (χ0n) is 22.2. The molecule has 2 atom stereocenters. The second-order valence-electron chi connectivity index (χ2n) is 8.81. The Morgan fingerprint density at radius 2 is 2.12 bits per heavy atom. The molecule has 0 aromatic carbocycles. The lowest BCUT2D eigenvalue weighted by Crippen LogP contribution is -2.81. The molecule has 2 aliphatic rings. The number of nitrogens with one attached hydrogen (secondary N) is 2. The first-order valence-corrected chi connectivity index (χ1v) is 14.9. The van der Waals surface area contributed by atoms with Crippen molar-refractivity contribution >= 4 is 63.5 Å². The Hall–Kier alpha value is -3.68. The lowest BCUT2D eigenvalue weighted by molar-refractivity contribution is -0.191. The second-order valence-corrected chi connectivity index (χ2v) is 11.7. The molecule has 0 aliphatic carbocycles. The van der Waals surface area contributed by atoms with Crippen molar-refractivity contribution in [3.8, 4) is 0 Å². The molecule has 220 valence electrons. The van der Waals surface area contributed by atoms with Gasteiger partial charge in [0.05, 0.1) is 0 Å². The first-order valence-electron chi connectivity index (χ1n) is 12.0. The first-order chi connectivity index (χ1) is 19.5. The van der Waals surface area contributed by atoms with Crippen LogP contribution in [0.2, 0.25) is 0 Å². The van der Waals surface area contributed by atoms with Gasteiger partial charge in [0.2, 0.25) is 0 Å². The van der Waals surface area contributed by atoms with E-state index in [2.05, 4.69) is 25.7 Å². The van der Waals surface area contributed by atoms with E-state index in [4.69, 9.17) is 15.3 Å². The number of methoxy groups -OCH3 is 1. The molecule has 0 saturated carbocycles. The summed E-state index contributed by atoms with van der Waals surface area (Å²) in [6.45, 7) is 5.25. The quantitative estimate of drug-likeness (QED) is 0.0634. The molecule has 2 aromatic heterocycles. The number of carbonyl (C=O) groups excluding carboxylic acids is 2. The fraction of sp³-hybridized carbons (Fsp3) is 0.455. The third-order valence-electron chi connectivity index (χ3n) is 5.96. The van der Waals surface area contributed by atoms with Crippen LogP contribution in [0.25, 0.3) is 0 Å². The lowest BCUT2D eigenvalue weighted by atomic mass is 9.98. The highest BCUT2D eigenvalue weighted by Crippen LogP contribution is 2.47. The summed E-state index contributed by atoms with van der Waals surface area (Å²) in [6, 6.07) is -0.377. The Labute approximate surface area is 244 Å². The second kappa shape index (κ2) is 12.0. The first kappa shape index (κ1) is 30.3. The molecule has 4 heterocycles. The van der Waals surface area contributed by atoms with Crippen LogP contribution >= 0.6 is 34.9 Å². The highest BCUT2D eigenvalue weighted by Gasteiger charge is 2.66. The summed E-state index contributed by atoms with van der Waals surface area (Å²) in [4.78, 5) is 73.3. The van der Waals surface area contributed by atoms with Gasteiger partial charge in [-0.2, -0.15) is 0 Å². The largest absolute Gasteiger partial charge is 0.477 e. The predicted molar refractivity (Wildman–Crippen MR) is 151 cm³/mol. The molecule has 1 fully saturated rings. The van der Waals surface area contributed by atoms with Crippen LogP contribution in [0.15, 0.2) is 36.6 Å². The topological polar surface area (TPSA) is 224 Å². The van der Waals surface area contributed by atoms with Gasteiger partial charge in [-0.05, 0) is 26.3 Å². The van der Waals surface area contributed by atoms with E-state index in [1.807, 2.05) is 0 Å². The van der Waals surface area contributed by atoms with Crippen molar-refractivity contribution in [2.45, 2.75) is 43.1 Å². The molecule has 5 N–H and O–H groups in total. The fourth-order valence-electron chi connectivity index (χ4n) is 4.12. The van der Waals surface area contributed by atoms with Crippen LogP contribution in [-0.2, 0) is 24.0 Å². The fourth-order valence-corrected chi connectivity index (χ4v) is 7.32. The Bertz CT molecular complexity index is 1560. The number of rotatable bonds is 11. The van der Waals surface area contributed by atoms with E-state index in [0.29, 0.717) is 5.57 Å². The van der Waals surface area contributed by atoms with Crippen LogP contribution in [0.4, 0.5) is 5.13 Å². The van der Waals surface area contributed by atoms with Gasteiger partial charge in [-0.25, -0.2) is 14.9 Å². The molecule has 0 bridgehead atoms. The van der Waals surface area contributed by atoms with E-state index in [0.717, 1.165) is 28.0 Å².